The number of aromatic nitrogens is 3. The van der Waals surface area contributed by atoms with Crippen molar-refractivity contribution in [1.29, 1.82) is 0 Å². The molecule has 4 rings (SSSR count). The van der Waals surface area contributed by atoms with Gasteiger partial charge in [0.1, 0.15) is 18.7 Å². The van der Waals surface area contributed by atoms with Gasteiger partial charge in [0.25, 0.3) is 5.91 Å². The van der Waals surface area contributed by atoms with E-state index in [0.29, 0.717) is 34.2 Å². The Morgan fingerprint density at radius 1 is 1.30 bits per heavy atom. The third kappa shape index (κ3) is 3.58. The van der Waals surface area contributed by atoms with Gasteiger partial charge in [-0.25, -0.2) is 9.67 Å². The predicted molar refractivity (Wildman–Crippen MR) is 103 cm³/mol. The molecule has 2 amide bonds. The highest BCUT2D eigenvalue weighted by molar-refractivity contribution is 7.12. The molecule has 0 saturated carbocycles. The maximum absolute atomic E-state index is 12.9. The number of hydrogen-bond acceptors (Lipinski definition) is 5. The van der Waals surface area contributed by atoms with E-state index in [2.05, 4.69) is 15.4 Å². The monoisotopic (exact) mass is 401 g/mol. The van der Waals surface area contributed by atoms with Crippen molar-refractivity contribution in [2.75, 3.05) is 11.9 Å². The van der Waals surface area contributed by atoms with Crippen molar-refractivity contribution in [3.8, 4) is 5.69 Å². The van der Waals surface area contributed by atoms with Crippen LogP contribution in [0.4, 0.5) is 5.69 Å². The van der Waals surface area contributed by atoms with Crippen LogP contribution < -0.4 is 5.32 Å². The average molecular weight is 402 g/mol. The zero-order valence-corrected chi connectivity index (χ0v) is 15.8. The van der Waals surface area contributed by atoms with Crippen molar-refractivity contribution in [3.05, 3.63) is 58.3 Å². The van der Waals surface area contributed by atoms with Gasteiger partial charge in [-0.15, -0.1) is 11.3 Å². The fraction of sp³-hybridized carbons (Fsp3) is 0.222. The molecule has 1 atom stereocenters. The number of carbonyl (C=O) groups excluding carboxylic acids is 2. The number of hydrogen-bond donors (Lipinski definition) is 1. The lowest BCUT2D eigenvalue weighted by molar-refractivity contribution is -0.119. The Morgan fingerprint density at radius 2 is 2.19 bits per heavy atom. The topological polar surface area (TPSA) is 80.1 Å². The van der Waals surface area contributed by atoms with Crippen LogP contribution in [0.15, 0.2) is 48.4 Å². The summed E-state index contributed by atoms with van der Waals surface area (Å²) in [5.41, 5.74) is 1.17. The SMILES string of the molecule is O=C(Nc1cc(Cl)ccc1-n1cncn1)[C@H]1CCCN1C(=O)c1cccs1. The maximum atomic E-state index is 12.9. The molecule has 1 saturated heterocycles. The van der Waals surface area contributed by atoms with Crippen LogP contribution in [0.3, 0.4) is 0 Å². The molecule has 3 heterocycles. The van der Waals surface area contributed by atoms with Gasteiger partial charge < -0.3 is 10.2 Å². The van der Waals surface area contributed by atoms with Crippen molar-refractivity contribution in [2.45, 2.75) is 18.9 Å². The van der Waals surface area contributed by atoms with E-state index in [-0.39, 0.29) is 11.8 Å². The molecule has 0 radical (unpaired) electrons. The largest absolute Gasteiger partial charge is 0.326 e. The molecule has 0 aliphatic carbocycles. The number of nitrogens with one attached hydrogen (secondary N) is 1. The number of likely N-dealkylation sites (tertiary alicyclic amines) is 1. The Hall–Kier alpha value is -2.71. The van der Waals surface area contributed by atoms with Crippen LogP contribution in [0.2, 0.25) is 5.02 Å². The zero-order chi connectivity index (χ0) is 18.8. The molecule has 3 aromatic rings. The molecule has 138 valence electrons. The number of rotatable bonds is 4. The molecule has 1 aliphatic rings. The van der Waals surface area contributed by atoms with Gasteiger partial charge in [0.2, 0.25) is 5.91 Å². The highest BCUT2D eigenvalue weighted by Gasteiger charge is 2.35. The van der Waals surface area contributed by atoms with Crippen molar-refractivity contribution in [3.63, 3.8) is 0 Å². The van der Waals surface area contributed by atoms with Crippen LogP contribution in [0, 0.1) is 0 Å². The molecule has 27 heavy (non-hydrogen) atoms. The Labute approximate surface area is 164 Å². The number of benzene rings is 1. The van der Waals surface area contributed by atoms with Crippen molar-refractivity contribution in [2.24, 2.45) is 0 Å². The van der Waals surface area contributed by atoms with Crippen LogP contribution in [-0.2, 0) is 4.79 Å². The standard InChI is InChI=1S/C18H16ClN5O2S/c19-12-5-6-14(24-11-20-10-21-24)13(9-12)22-17(25)15-3-1-7-23(15)18(26)16-4-2-8-27-16/h2,4-6,8-11,15H,1,3,7H2,(H,22,25)/t15-/m1/s1. The molecule has 7 nitrogen and oxygen atoms in total. The molecule has 0 unspecified atom stereocenters. The molecule has 0 bridgehead atoms. The summed E-state index contributed by atoms with van der Waals surface area (Å²) in [5.74, 6) is -0.341. The van der Waals surface area contributed by atoms with Gasteiger partial charge in [-0.3, -0.25) is 9.59 Å². The van der Waals surface area contributed by atoms with E-state index in [4.69, 9.17) is 11.6 Å². The van der Waals surface area contributed by atoms with E-state index in [1.54, 1.807) is 40.2 Å². The number of anilines is 1. The highest BCUT2D eigenvalue weighted by Crippen LogP contribution is 2.27. The minimum atomic E-state index is -0.512. The smallest absolute Gasteiger partial charge is 0.264 e. The average Bonchev–Trinajstić information content (AvgIpc) is 3.43. The number of amides is 2. The first kappa shape index (κ1) is 17.7. The molecule has 2 aromatic heterocycles. The molecule has 9 heteroatoms. The lowest BCUT2D eigenvalue weighted by atomic mass is 10.2. The molecule has 1 fully saturated rings. The maximum Gasteiger partial charge on any atom is 0.264 e. The summed E-state index contributed by atoms with van der Waals surface area (Å²) in [7, 11) is 0. The van der Waals surface area contributed by atoms with Gasteiger partial charge in [-0.05, 0) is 42.5 Å². The second kappa shape index (κ2) is 7.50. The van der Waals surface area contributed by atoms with E-state index in [1.807, 2.05) is 11.4 Å². The van der Waals surface area contributed by atoms with Crippen molar-refractivity contribution < 1.29 is 9.59 Å². The summed E-state index contributed by atoms with van der Waals surface area (Å²) in [4.78, 5) is 31.9. The molecule has 0 spiro atoms. The first-order valence-electron chi connectivity index (χ1n) is 8.43. The molecule has 1 N–H and O–H groups in total. The Kier molecular flexibility index (Phi) is 4.91. The molecular weight excluding hydrogens is 386 g/mol. The van der Waals surface area contributed by atoms with Crippen molar-refractivity contribution >= 4 is 40.4 Å². The first-order valence-corrected chi connectivity index (χ1v) is 9.69. The summed E-state index contributed by atoms with van der Waals surface area (Å²) in [6.07, 6.45) is 4.38. The van der Waals surface area contributed by atoms with Gasteiger partial charge in [-0.2, -0.15) is 5.10 Å². The molecular formula is C18H16ClN5O2S. The highest BCUT2D eigenvalue weighted by atomic mass is 35.5. The molecule has 1 aliphatic heterocycles. The quantitative estimate of drug-likeness (QED) is 0.727. The van der Waals surface area contributed by atoms with E-state index >= 15 is 0 Å². The van der Waals surface area contributed by atoms with E-state index in [0.717, 1.165) is 6.42 Å². The van der Waals surface area contributed by atoms with E-state index in [9.17, 15) is 9.59 Å². The zero-order valence-electron chi connectivity index (χ0n) is 14.2. The van der Waals surface area contributed by atoms with Gasteiger partial charge in [0, 0.05) is 11.6 Å². The van der Waals surface area contributed by atoms with Crippen LogP contribution in [-0.4, -0.2) is 44.1 Å². The van der Waals surface area contributed by atoms with E-state index < -0.39 is 6.04 Å². The van der Waals surface area contributed by atoms with Crippen LogP contribution in [0.5, 0.6) is 0 Å². The Bertz CT molecular complexity index is 958. The second-order valence-electron chi connectivity index (χ2n) is 6.12. The number of halogens is 1. The van der Waals surface area contributed by atoms with Crippen LogP contribution in [0.25, 0.3) is 5.69 Å². The lowest BCUT2D eigenvalue weighted by Gasteiger charge is -2.24. The Balaban J connectivity index is 1.57. The van der Waals surface area contributed by atoms with Crippen molar-refractivity contribution in [1.82, 2.24) is 19.7 Å². The summed E-state index contributed by atoms with van der Waals surface area (Å²) >= 11 is 7.49. The van der Waals surface area contributed by atoms with Gasteiger partial charge in [-0.1, -0.05) is 17.7 Å². The third-order valence-corrected chi connectivity index (χ3v) is 5.52. The Morgan fingerprint density at radius 3 is 2.93 bits per heavy atom. The van der Waals surface area contributed by atoms with Crippen LogP contribution >= 0.6 is 22.9 Å². The normalized spacial score (nSPS) is 16.5. The minimum Gasteiger partial charge on any atom is -0.326 e. The fourth-order valence-corrected chi connectivity index (χ4v) is 4.03. The summed E-state index contributed by atoms with van der Waals surface area (Å²) < 4.78 is 1.55. The summed E-state index contributed by atoms with van der Waals surface area (Å²) in [6, 6.07) is 8.24. The third-order valence-electron chi connectivity index (χ3n) is 4.43. The van der Waals surface area contributed by atoms with Gasteiger partial charge in [0.05, 0.1) is 16.3 Å². The number of nitrogens with zero attached hydrogens (tertiary/aromatic N) is 4. The minimum absolute atomic E-state index is 0.106. The molecule has 1 aromatic carbocycles. The number of carbonyl (C=O) groups is 2. The van der Waals surface area contributed by atoms with Crippen LogP contribution in [0.1, 0.15) is 22.5 Å². The first-order chi connectivity index (χ1) is 13.1. The lowest BCUT2D eigenvalue weighted by Crippen LogP contribution is -2.43. The summed E-state index contributed by atoms with van der Waals surface area (Å²) in [5, 5.41) is 9.36. The second-order valence-corrected chi connectivity index (χ2v) is 7.51. The number of thiophene rings is 1. The van der Waals surface area contributed by atoms with Gasteiger partial charge in [0.15, 0.2) is 0 Å². The van der Waals surface area contributed by atoms with E-state index in [1.165, 1.54) is 17.7 Å². The van der Waals surface area contributed by atoms with Gasteiger partial charge >= 0.3 is 0 Å². The predicted octanol–water partition coefficient (Wildman–Crippen LogP) is 3.23. The fourth-order valence-electron chi connectivity index (χ4n) is 3.18. The summed E-state index contributed by atoms with van der Waals surface area (Å²) in [6.45, 7) is 0.570.